The number of fused-ring (bicyclic) bond motifs is 1. The second kappa shape index (κ2) is 9.63. The molecule has 10 nitrogen and oxygen atoms in total. The average molecular weight is 441 g/mol. The van der Waals surface area contributed by atoms with Crippen LogP contribution in [0.1, 0.15) is 44.6 Å². The van der Waals surface area contributed by atoms with Gasteiger partial charge in [0, 0.05) is 37.7 Å². The lowest BCUT2D eigenvalue weighted by molar-refractivity contribution is -0.137. The van der Waals surface area contributed by atoms with Crippen molar-refractivity contribution in [3.63, 3.8) is 0 Å². The van der Waals surface area contributed by atoms with Gasteiger partial charge < -0.3 is 15.4 Å². The van der Waals surface area contributed by atoms with E-state index in [1.165, 1.54) is 0 Å². The van der Waals surface area contributed by atoms with Crippen LogP contribution in [-0.4, -0.2) is 35.6 Å². The van der Waals surface area contributed by atoms with Crippen LogP contribution >= 0.6 is 0 Å². The summed E-state index contributed by atoms with van der Waals surface area (Å²) in [4.78, 5) is 41.7. The highest BCUT2D eigenvalue weighted by Gasteiger charge is 2.20. The molecule has 0 spiro atoms. The maximum Gasteiger partial charge on any atom is 0.332 e. The highest BCUT2D eigenvalue weighted by molar-refractivity contribution is 5.95. The van der Waals surface area contributed by atoms with Gasteiger partial charge in [-0.25, -0.2) is 9.78 Å². The molecule has 0 bridgehead atoms. The van der Waals surface area contributed by atoms with Gasteiger partial charge in [0.15, 0.2) is 5.52 Å². The number of nitrogens with zero attached hydrogens (tertiary/aromatic N) is 4. The number of hydrogen-bond acceptors (Lipinski definition) is 5. The number of benzene rings is 1. The standard InChI is InChI=1S/C22H28N6O4/c1-3-4-12-27-20-17(21(31)28(22(27)32)13-6-5-7-16(29)30)25-19(26(20)2)15-10-8-14(9-11-15)18(23)24/h8-11H,3-7,12-13H2,1-2H3,(H3,23,24)(H,29,30). The lowest BCUT2D eigenvalue weighted by Gasteiger charge is -2.13. The number of unbranched alkanes of at least 4 members (excludes halogenated alkanes) is 2. The van der Waals surface area contributed by atoms with Gasteiger partial charge in [-0.2, -0.15) is 0 Å². The molecule has 3 aromatic rings. The molecule has 170 valence electrons. The SMILES string of the molecule is CCCCn1c(=O)n(CCCCC(=O)O)c(=O)c2nc(-c3ccc(C(=N)N)cc3)n(C)c21. The Morgan fingerprint density at radius 3 is 2.34 bits per heavy atom. The highest BCUT2D eigenvalue weighted by atomic mass is 16.4. The first kappa shape index (κ1) is 23.0. The number of nitrogens with one attached hydrogen (secondary N) is 1. The molecule has 0 amide bonds. The van der Waals surface area contributed by atoms with Gasteiger partial charge >= 0.3 is 11.7 Å². The van der Waals surface area contributed by atoms with Crippen LogP contribution in [-0.2, 0) is 24.9 Å². The monoisotopic (exact) mass is 440 g/mol. The summed E-state index contributed by atoms with van der Waals surface area (Å²) >= 11 is 0. The van der Waals surface area contributed by atoms with Gasteiger partial charge in [-0.15, -0.1) is 0 Å². The first-order valence-electron chi connectivity index (χ1n) is 10.6. The van der Waals surface area contributed by atoms with Crippen LogP contribution in [0.15, 0.2) is 33.9 Å². The van der Waals surface area contributed by atoms with Crippen molar-refractivity contribution in [2.45, 2.75) is 52.1 Å². The van der Waals surface area contributed by atoms with Crippen molar-refractivity contribution < 1.29 is 9.90 Å². The zero-order chi connectivity index (χ0) is 23.4. The van der Waals surface area contributed by atoms with Crippen molar-refractivity contribution in [2.24, 2.45) is 12.8 Å². The second-order valence-corrected chi connectivity index (χ2v) is 7.75. The molecule has 2 aromatic heterocycles. The molecule has 0 aliphatic heterocycles. The summed E-state index contributed by atoms with van der Waals surface area (Å²) in [5.74, 6) is -0.417. The van der Waals surface area contributed by atoms with E-state index in [4.69, 9.17) is 16.2 Å². The Morgan fingerprint density at radius 2 is 1.75 bits per heavy atom. The minimum atomic E-state index is -0.904. The van der Waals surface area contributed by atoms with Crippen molar-refractivity contribution in [1.82, 2.24) is 18.7 Å². The number of aryl methyl sites for hydroxylation is 2. The van der Waals surface area contributed by atoms with E-state index in [1.807, 2.05) is 6.92 Å². The minimum Gasteiger partial charge on any atom is -0.481 e. The summed E-state index contributed by atoms with van der Waals surface area (Å²) in [6.07, 6.45) is 2.42. The van der Waals surface area contributed by atoms with Crippen LogP contribution in [0.5, 0.6) is 0 Å². The van der Waals surface area contributed by atoms with Gasteiger partial charge in [-0.1, -0.05) is 37.6 Å². The number of carboxylic acids is 1. The normalized spacial score (nSPS) is 11.2. The van der Waals surface area contributed by atoms with Gasteiger partial charge in [0.1, 0.15) is 17.3 Å². The van der Waals surface area contributed by atoms with E-state index in [0.29, 0.717) is 36.4 Å². The summed E-state index contributed by atoms with van der Waals surface area (Å²) in [5.41, 5.74) is 6.61. The number of carbonyl (C=O) groups is 1. The number of carboxylic acid groups (broad SMARTS) is 1. The fraction of sp³-hybridized carbons (Fsp3) is 0.409. The molecular weight excluding hydrogens is 412 g/mol. The number of aliphatic carboxylic acids is 1. The summed E-state index contributed by atoms with van der Waals surface area (Å²) in [6.45, 7) is 2.62. The number of nitrogen functional groups attached to an aromatic ring is 1. The van der Waals surface area contributed by atoms with Crippen molar-refractivity contribution >= 4 is 23.0 Å². The molecule has 1 aromatic carbocycles. The Kier molecular flexibility index (Phi) is 6.92. The topological polar surface area (TPSA) is 149 Å². The Hall–Kier alpha value is -3.69. The molecule has 0 radical (unpaired) electrons. The highest BCUT2D eigenvalue weighted by Crippen LogP contribution is 2.22. The third kappa shape index (κ3) is 4.48. The van der Waals surface area contributed by atoms with Gasteiger partial charge in [0.2, 0.25) is 0 Å². The lowest BCUT2D eigenvalue weighted by Crippen LogP contribution is -2.40. The van der Waals surface area contributed by atoms with E-state index in [1.54, 1.807) is 40.4 Å². The van der Waals surface area contributed by atoms with Gasteiger partial charge in [0.25, 0.3) is 5.56 Å². The molecule has 0 saturated carbocycles. The minimum absolute atomic E-state index is 0.00892. The van der Waals surface area contributed by atoms with Gasteiger partial charge in [0.05, 0.1) is 0 Å². The van der Waals surface area contributed by atoms with E-state index in [-0.39, 0.29) is 24.3 Å². The third-order valence-electron chi connectivity index (χ3n) is 5.44. The van der Waals surface area contributed by atoms with E-state index in [9.17, 15) is 14.4 Å². The Morgan fingerprint density at radius 1 is 1.09 bits per heavy atom. The maximum absolute atomic E-state index is 13.2. The molecule has 0 unspecified atom stereocenters. The molecule has 0 atom stereocenters. The molecule has 0 saturated heterocycles. The van der Waals surface area contributed by atoms with E-state index in [0.717, 1.165) is 23.0 Å². The molecule has 0 fully saturated rings. The van der Waals surface area contributed by atoms with Crippen LogP contribution in [0.4, 0.5) is 0 Å². The molecular formula is C22H28N6O4. The van der Waals surface area contributed by atoms with Gasteiger partial charge in [-0.05, 0) is 19.3 Å². The van der Waals surface area contributed by atoms with E-state index >= 15 is 0 Å². The lowest BCUT2D eigenvalue weighted by atomic mass is 10.1. The number of nitrogens with two attached hydrogens (primary N) is 1. The second-order valence-electron chi connectivity index (χ2n) is 7.75. The predicted octanol–water partition coefficient (Wildman–Crippen LogP) is 1.90. The summed E-state index contributed by atoms with van der Waals surface area (Å²) < 4.78 is 4.48. The first-order valence-corrected chi connectivity index (χ1v) is 10.6. The van der Waals surface area contributed by atoms with Crippen LogP contribution < -0.4 is 17.0 Å². The quantitative estimate of drug-likeness (QED) is 0.249. The molecule has 0 aliphatic carbocycles. The Bertz CT molecular complexity index is 1270. The van der Waals surface area contributed by atoms with Crippen molar-refractivity contribution in [3.05, 3.63) is 50.7 Å². The number of amidine groups is 1. The van der Waals surface area contributed by atoms with Crippen LogP contribution in [0.2, 0.25) is 0 Å². The smallest absolute Gasteiger partial charge is 0.332 e. The zero-order valence-corrected chi connectivity index (χ0v) is 18.3. The fourth-order valence-electron chi connectivity index (χ4n) is 3.71. The summed E-state index contributed by atoms with van der Waals surface area (Å²) in [5, 5.41) is 16.4. The van der Waals surface area contributed by atoms with E-state index in [2.05, 4.69) is 4.98 Å². The molecule has 0 aliphatic rings. The van der Waals surface area contributed by atoms with Crippen LogP contribution in [0.25, 0.3) is 22.6 Å². The zero-order valence-electron chi connectivity index (χ0n) is 18.3. The van der Waals surface area contributed by atoms with Crippen LogP contribution in [0, 0.1) is 5.41 Å². The van der Waals surface area contributed by atoms with E-state index < -0.39 is 17.2 Å². The third-order valence-corrected chi connectivity index (χ3v) is 5.44. The molecule has 32 heavy (non-hydrogen) atoms. The maximum atomic E-state index is 13.2. The molecule has 3 rings (SSSR count). The summed E-state index contributed by atoms with van der Waals surface area (Å²) in [6, 6.07) is 6.97. The van der Waals surface area contributed by atoms with Crippen molar-refractivity contribution in [3.8, 4) is 11.4 Å². The number of rotatable bonds is 10. The summed E-state index contributed by atoms with van der Waals surface area (Å²) in [7, 11) is 1.77. The molecule has 4 N–H and O–H groups in total. The number of hydrogen-bond donors (Lipinski definition) is 3. The van der Waals surface area contributed by atoms with Crippen LogP contribution in [0.3, 0.4) is 0 Å². The first-order chi connectivity index (χ1) is 15.3. The van der Waals surface area contributed by atoms with Gasteiger partial charge in [-0.3, -0.25) is 24.1 Å². The Balaban J connectivity index is 2.14. The average Bonchev–Trinajstić information content (AvgIpc) is 3.10. The fourth-order valence-corrected chi connectivity index (χ4v) is 3.71. The Labute approximate surface area is 184 Å². The molecule has 2 heterocycles. The predicted molar refractivity (Wildman–Crippen MR) is 122 cm³/mol. The molecule has 10 heteroatoms. The number of aromatic nitrogens is 4. The largest absolute Gasteiger partial charge is 0.481 e. The van der Waals surface area contributed by atoms with Crippen molar-refractivity contribution in [2.75, 3.05) is 0 Å². The van der Waals surface area contributed by atoms with Crippen molar-refractivity contribution in [1.29, 1.82) is 5.41 Å². The number of imidazole rings is 1.